The highest BCUT2D eigenvalue weighted by Gasteiger charge is 2.21. The van der Waals surface area contributed by atoms with Crippen LogP contribution < -0.4 is 10.6 Å². The molecule has 15 heavy (non-hydrogen) atoms. The van der Waals surface area contributed by atoms with E-state index < -0.39 is 0 Å². The standard InChI is InChI=1S/C11H22N2O2/c1-9(2)8-15-6-5-13-11(14)10-3-4-12-7-10/h9-10,12H,3-8H2,1-2H3,(H,13,14). The van der Waals surface area contributed by atoms with Gasteiger partial charge in [0.15, 0.2) is 0 Å². The summed E-state index contributed by atoms with van der Waals surface area (Å²) in [5.41, 5.74) is 0. The maximum atomic E-state index is 11.5. The molecule has 0 aromatic heterocycles. The molecule has 4 heteroatoms. The number of nitrogens with one attached hydrogen (secondary N) is 2. The van der Waals surface area contributed by atoms with Crippen molar-refractivity contribution < 1.29 is 9.53 Å². The van der Waals surface area contributed by atoms with E-state index >= 15 is 0 Å². The summed E-state index contributed by atoms with van der Waals surface area (Å²) in [6.45, 7) is 8.01. The van der Waals surface area contributed by atoms with E-state index in [2.05, 4.69) is 24.5 Å². The molecule has 1 rings (SSSR count). The Kier molecular flexibility index (Phi) is 5.65. The summed E-state index contributed by atoms with van der Waals surface area (Å²) in [6, 6.07) is 0. The molecule has 0 aliphatic carbocycles. The summed E-state index contributed by atoms with van der Waals surface area (Å²) in [7, 11) is 0. The molecule has 4 nitrogen and oxygen atoms in total. The molecule has 88 valence electrons. The van der Waals surface area contributed by atoms with E-state index in [-0.39, 0.29) is 11.8 Å². The monoisotopic (exact) mass is 214 g/mol. The van der Waals surface area contributed by atoms with E-state index in [1.165, 1.54) is 0 Å². The van der Waals surface area contributed by atoms with Crippen molar-refractivity contribution in [3.05, 3.63) is 0 Å². The highest BCUT2D eigenvalue weighted by molar-refractivity contribution is 5.79. The van der Waals surface area contributed by atoms with Gasteiger partial charge in [-0.15, -0.1) is 0 Å². The second-order valence-electron chi connectivity index (χ2n) is 4.45. The molecule has 1 aliphatic heterocycles. The van der Waals surface area contributed by atoms with Crippen LogP contribution in [0.5, 0.6) is 0 Å². The van der Waals surface area contributed by atoms with Crippen molar-refractivity contribution in [3.8, 4) is 0 Å². The van der Waals surface area contributed by atoms with Crippen LogP contribution in [-0.4, -0.2) is 38.8 Å². The van der Waals surface area contributed by atoms with Crippen molar-refractivity contribution >= 4 is 5.91 Å². The first kappa shape index (κ1) is 12.5. The minimum absolute atomic E-state index is 0.160. The van der Waals surface area contributed by atoms with Crippen LogP contribution in [-0.2, 0) is 9.53 Å². The highest BCUT2D eigenvalue weighted by atomic mass is 16.5. The molecule has 0 radical (unpaired) electrons. The fourth-order valence-electron chi connectivity index (χ4n) is 1.59. The summed E-state index contributed by atoms with van der Waals surface area (Å²) in [4.78, 5) is 11.5. The number of hydrogen-bond acceptors (Lipinski definition) is 3. The molecule has 0 saturated carbocycles. The largest absolute Gasteiger partial charge is 0.379 e. The Morgan fingerprint density at radius 3 is 3.00 bits per heavy atom. The van der Waals surface area contributed by atoms with Crippen LogP contribution in [0.15, 0.2) is 0 Å². The van der Waals surface area contributed by atoms with Crippen LogP contribution in [0.3, 0.4) is 0 Å². The molecule has 0 aromatic rings. The molecule has 1 atom stereocenters. The Bertz CT molecular complexity index is 189. The van der Waals surface area contributed by atoms with Crippen LogP contribution in [0.4, 0.5) is 0 Å². The number of rotatable bonds is 6. The Balaban J connectivity index is 1.97. The van der Waals surface area contributed by atoms with E-state index in [1.54, 1.807) is 0 Å². The van der Waals surface area contributed by atoms with Crippen molar-refractivity contribution in [1.82, 2.24) is 10.6 Å². The minimum Gasteiger partial charge on any atom is -0.379 e. The van der Waals surface area contributed by atoms with Gasteiger partial charge in [0.1, 0.15) is 0 Å². The smallest absolute Gasteiger partial charge is 0.224 e. The van der Waals surface area contributed by atoms with E-state index in [1.807, 2.05) is 0 Å². The van der Waals surface area contributed by atoms with Gasteiger partial charge in [0.05, 0.1) is 12.5 Å². The van der Waals surface area contributed by atoms with E-state index in [4.69, 9.17) is 4.74 Å². The molecule has 1 aliphatic rings. The van der Waals surface area contributed by atoms with E-state index in [0.29, 0.717) is 19.1 Å². The third-order valence-corrected chi connectivity index (χ3v) is 2.43. The Morgan fingerprint density at radius 2 is 2.40 bits per heavy atom. The van der Waals surface area contributed by atoms with Gasteiger partial charge in [-0.1, -0.05) is 13.8 Å². The van der Waals surface area contributed by atoms with Gasteiger partial charge >= 0.3 is 0 Å². The van der Waals surface area contributed by atoms with Gasteiger partial charge in [0.2, 0.25) is 5.91 Å². The summed E-state index contributed by atoms with van der Waals surface area (Å²) < 4.78 is 5.38. The maximum Gasteiger partial charge on any atom is 0.224 e. The fraction of sp³-hybridized carbons (Fsp3) is 0.909. The van der Waals surface area contributed by atoms with Crippen LogP contribution in [0.25, 0.3) is 0 Å². The minimum atomic E-state index is 0.160. The molecule has 0 aromatic carbocycles. The van der Waals surface area contributed by atoms with Gasteiger partial charge in [-0.2, -0.15) is 0 Å². The number of carbonyl (C=O) groups excluding carboxylic acids is 1. The molecule has 0 bridgehead atoms. The second-order valence-corrected chi connectivity index (χ2v) is 4.45. The lowest BCUT2D eigenvalue weighted by Gasteiger charge is -2.10. The molecular formula is C11H22N2O2. The van der Waals surface area contributed by atoms with Crippen LogP contribution in [0.2, 0.25) is 0 Å². The summed E-state index contributed by atoms with van der Waals surface area (Å²) in [5.74, 6) is 0.878. The molecule has 1 fully saturated rings. The zero-order valence-corrected chi connectivity index (χ0v) is 9.71. The molecule has 1 saturated heterocycles. The molecular weight excluding hydrogens is 192 g/mol. The van der Waals surface area contributed by atoms with Crippen molar-refractivity contribution in [2.45, 2.75) is 20.3 Å². The topological polar surface area (TPSA) is 50.4 Å². The van der Waals surface area contributed by atoms with Gasteiger partial charge in [0, 0.05) is 19.7 Å². The number of hydrogen-bond donors (Lipinski definition) is 2. The van der Waals surface area contributed by atoms with Crippen LogP contribution in [0.1, 0.15) is 20.3 Å². The zero-order chi connectivity index (χ0) is 11.1. The first-order chi connectivity index (χ1) is 7.20. The molecule has 1 heterocycles. The van der Waals surface area contributed by atoms with Crippen LogP contribution in [0, 0.1) is 11.8 Å². The highest BCUT2D eigenvalue weighted by Crippen LogP contribution is 2.06. The van der Waals surface area contributed by atoms with E-state index in [9.17, 15) is 4.79 Å². The predicted molar refractivity (Wildman–Crippen MR) is 59.6 cm³/mol. The Labute approximate surface area is 91.8 Å². The van der Waals surface area contributed by atoms with Crippen molar-refractivity contribution in [2.75, 3.05) is 32.8 Å². The summed E-state index contributed by atoms with van der Waals surface area (Å²) in [6.07, 6.45) is 0.957. The average Bonchev–Trinajstić information content (AvgIpc) is 2.69. The van der Waals surface area contributed by atoms with Gasteiger partial charge in [-0.3, -0.25) is 4.79 Å². The number of ether oxygens (including phenoxy) is 1. The number of carbonyl (C=O) groups is 1. The lowest BCUT2D eigenvalue weighted by molar-refractivity contribution is -0.124. The summed E-state index contributed by atoms with van der Waals surface area (Å²) in [5, 5.41) is 6.07. The Morgan fingerprint density at radius 1 is 1.60 bits per heavy atom. The second kappa shape index (κ2) is 6.80. The SMILES string of the molecule is CC(C)COCCNC(=O)C1CCNC1. The third kappa shape index (κ3) is 5.14. The molecule has 2 N–H and O–H groups in total. The van der Waals surface area contributed by atoms with Crippen molar-refractivity contribution in [1.29, 1.82) is 0 Å². The normalized spacial score (nSPS) is 20.9. The van der Waals surface area contributed by atoms with Crippen molar-refractivity contribution in [3.63, 3.8) is 0 Å². The average molecular weight is 214 g/mol. The molecule has 0 spiro atoms. The first-order valence-corrected chi connectivity index (χ1v) is 5.76. The first-order valence-electron chi connectivity index (χ1n) is 5.76. The maximum absolute atomic E-state index is 11.5. The summed E-state index contributed by atoms with van der Waals surface area (Å²) >= 11 is 0. The van der Waals surface area contributed by atoms with Crippen molar-refractivity contribution in [2.24, 2.45) is 11.8 Å². The van der Waals surface area contributed by atoms with Gasteiger partial charge < -0.3 is 15.4 Å². The fourth-order valence-corrected chi connectivity index (χ4v) is 1.59. The van der Waals surface area contributed by atoms with Gasteiger partial charge in [0.25, 0.3) is 0 Å². The van der Waals surface area contributed by atoms with Gasteiger partial charge in [-0.05, 0) is 18.9 Å². The van der Waals surface area contributed by atoms with E-state index in [0.717, 1.165) is 26.1 Å². The third-order valence-electron chi connectivity index (χ3n) is 2.43. The predicted octanol–water partition coefficient (Wildman–Crippen LogP) is 0.385. The Hall–Kier alpha value is -0.610. The molecule has 1 amide bonds. The lowest BCUT2D eigenvalue weighted by atomic mass is 10.1. The van der Waals surface area contributed by atoms with Gasteiger partial charge in [-0.25, -0.2) is 0 Å². The zero-order valence-electron chi connectivity index (χ0n) is 9.71. The lowest BCUT2D eigenvalue weighted by Crippen LogP contribution is -2.34. The number of amides is 1. The quantitative estimate of drug-likeness (QED) is 0.629. The van der Waals surface area contributed by atoms with Crippen LogP contribution >= 0.6 is 0 Å². The molecule has 1 unspecified atom stereocenters.